The van der Waals surface area contributed by atoms with Crippen molar-refractivity contribution < 1.29 is 14.3 Å². The number of anilines is 1. The molecule has 2 aromatic rings. The number of amides is 2. The Labute approximate surface area is 185 Å². The van der Waals surface area contributed by atoms with Gasteiger partial charge in [-0.2, -0.15) is 0 Å². The molecule has 1 saturated heterocycles. The van der Waals surface area contributed by atoms with Gasteiger partial charge in [0, 0.05) is 31.9 Å². The van der Waals surface area contributed by atoms with Crippen LogP contribution in [0.3, 0.4) is 0 Å². The van der Waals surface area contributed by atoms with Crippen molar-refractivity contribution in [1.29, 1.82) is 0 Å². The van der Waals surface area contributed by atoms with E-state index < -0.39 is 6.04 Å². The highest BCUT2D eigenvalue weighted by molar-refractivity contribution is 5.88. The lowest BCUT2D eigenvalue weighted by molar-refractivity contribution is -0.138. The molecule has 1 N–H and O–H groups in total. The maximum Gasteiger partial charge on any atom is 0.258 e. The molecule has 1 fully saturated rings. The number of nitrogens with zero attached hydrogens (tertiary/aromatic N) is 2. The number of nitrogens with one attached hydrogen (secondary N) is 1. The van der Waals surface area contributed by atoms with E-state index in [0.29, 0.717) is 18.8 Å². The standard InChI is InChI=1S/C25H33N3O3/c1-18(2)24(26-23(29)17-31-21-10-6-5-7-11-21)25(30)28-15-13-27(14-16-28)22-12-8-9-19(3)20(22)4/h5-12,18,24H,13-17H2,1-4H3,(H,26,29)/t24-/m0/s1. The fourth-order valence-electron chi connectivity index (χ4n) is 3.84. The molecule has 31 heavy (non-hydrogen) atoms. The lowest BCUT2D eigenvalue weighted by Crippen LogP contribution is -2.57. The first-order valence-electron chi connectivity index (χ1n) is 10.9. The average Bonchev–Trinajstić information content (AvgIpc) is 2.78. The third-order valence-corrected chi connectivity index (χ3v) is 5.87. The Morgan fingerprint density at radius 2 is 1.65 bits per heavy atom. The monoisotopic (exact) mass is 423 g/mol. The zero-order valence-corrected chi connectivity index (χ0v) is 18.9. The molecule has 0 aliphatic carbocycles. The molecular weight excluding hydrogens is 390 g/mol. The molecule has 1 heterocycles. The van der Waals surface area contributed by atoms with Gasteiger partial charge in [0.25, 0.3) is 5.91 Å². The number of para-hydroxylation sites is 1. The van der Waals surface area contributed by atoms with E-state index in [1.54, 1.807) is 12.1 Å². The number of ether oxygens (including phenoxy) is 1. The average molecular weight is 424 g/mol. The summed E-state index contributed by atoms with van der Waals surface area (Å²) in [6.07, 6.45) is 0. The van der Waals surface area contributed by atoms with Crippen molar-refractivity contribution in [3.05, 3.63) is 59.7 Å². The molecule has 1 atom stereocenters. The normalized spacial score (nSPS) is 15.0. The summed E-state index contributed by atoms with van der Waals surface area (Å²) in [5.41, 5.74) is 3.79. The van der Waals surface area contributed by atoms with Gasteiger partial charge < -0.3 is 19.9 Å². The second-order valence-corrected chi connectivity index (χ2v) is 8.42. The molecule has 3 rings (SSSR count). The maximum absolute atomic E-state index is 13.2. The van der Waals surface area contributed by atoms with Crippen LogP contribution < -0.4 is 15.0 Å². The number of rotatable bonds is 7. The second-order valence-electron chi connectivity index (χ2n) is 8.42. The Morgan fingerprint density at radius 1 is 0.968 bits per heavy atom. The minimum absolute atomic E-state index is 0.00905. The van der Waals surface area contributed by atoms with Crippen LogP contribution in [-0.2, 0) is 9.59 Å². The summed E-state index contributed by atoms with van der Waals surface area (Å²) >= 11 is 0. The van der Waals surface area contributed by atoms with Gasteiger partial charge in [0.1, 0.15) is 11.8 Å². The Bertz CT molecular complexity index is 890. The quantitative estimate of drug-likeness (QED) is 0.743. The van der Waals surface area contributed by atoms with Crippen molar-refractivity contribution in [2.24, 2.45) is 5.92 Å². The molecule has 0 bridgehead atoms. The largest absolute Gasteiger partial charge is 0.484 e. The van der Waals surface area contributed by atoms with Crippen LogP contribution in [-0.4, -0.2) is 55.5 Å². The highest BCUT2D eigenvalue weighted by atomic mass is 16.5. The number of piperazine rings is 1. The van der Waals surface area contributed by atoms with Crippen LogP contribution in [0.1, 0.15) is 25.0 Å². The van der Waals surface area contributed by atoms with Crippen LogP contribution in [0.15, 0.2) is 48.5 Å². The van der Waals surface area contributed by atoms with Crippen molar-refractivity contribution in [2.75, 3.05) is 37.7 Å². The van der Waals surface area contributed by atoms with E-state index in [1.807, 2.05) is 36.9 Å². The molecule has 0 aromatic heterocycles. The Morgan fingerprint density at radius 3 is 2.29 bits per heavy atom. The van der Waals surface area contributed by atoms with Crippen LogP contribution in [0.25, 0.3) is 0 Å². The SMILES string of the molecule is Cc1cccc(N2CCN(C(=O)[C@@H](NC(=O)COc3ccccc3)C(C)C)CC2)c1C. The summed E-state index contributed by atoms with van der Waals surface area (Å²) in [7, 11) is 0. The molecule has 6 nitrogen and oxygen atoms in total. The number of hydrogen-bond donors (Lipinski definition) is 1. The van der Waals surface area contributed by atoms with Crippen LogP contribution in [0.5, 0.6) is 5.75 Å². The van der Waals surface area contributed by atoms with Crippen molar-refractivity contribution in [2.45, 2.75) is 33.7 Å². The smallest absolute Gasteiger partial charge is 0.258 e. The molecule has 0 saturated carbocycles. The summed E-state index contributed by atoms with van der Waals surface area (Å²) in [6, 6.07) is 15.0. The van der Waals surface area contributed by atoms with E-state index in [2.05, 4.69) is 42.3 Å². The molecule has 0 spiro atoms. The van der Waals surface area contributed by atoms with E-state index in [9.17, 15) is 9.59 Å². The van der Waals surface area contributed by atoms with E-state index in [4.69, 9.17) is 4.74 Å². The van der Waals surface area contributed by atoms with Gasteiger partial charge in [-0.05, 0) is 49.1 Å². The van der Waals surface area contributed by atoms with Gasteiger partial charge in [-0.25, -0.2) is 0 Å². The Balaban J connectivity index is 1.55. The highest BCUT2D eigenvalue weighted by Gasteiger charge is 2.31. The summed E-state index contributed by atoms with van der Waals surface area (Å²) in [5.74, 6) is 0.312. The Hall–Kier alpha value is -3.02. The molecule has 1 aliphatic rings. The molecule has 0 radical (unpaired) electrons. The van der Waals surface area contributed by atoms with Gasteiger partial charge >= 0.3 is 0 Å². The first-order valence-corrected chi connectivity index (χ1v) is 10.9. The fraction of sp³-hybridized carbons (Fsp3) is 0.440. The summed E-state index contributed by atoms with van der Waals surface area (Å²) in [4.78, 5) is 29.8. The van der Waals surface area contributed by atoms with Crippen LogP contribution in [0.4, 0.5) is 5.69 Å². The van der Waals surface area contributed by atoms with E-state index in [0.717, 1.165) is 13.1 Å². The van der Waals surface area contributed by atoms with Crippen molar-refractivity contribution in [3.63, 3.8) is 0 Å². The maximum atomic E-state index is 13.2. The summed E-state index contributed by atoms with van der Waals surface area (Å²) in [6.45, 7) is 10.9. The van der Waals surface area contributed by atoms with E-state index >= 15 is 0 Å². The number of hydrogen-bond acceptors (Lipinski definition) is 4. The third kappa shape index (κ3) is 5.78. The first-order chi connectivity index (χ1) is 14.9. The van der Waals surface area contributed by atoms with Gasteiger partial charge in [0.15, 0.2) is 6.61 Å². The second kappa shape index (κ2) is 10.3. The fourth-order valence-corrected chi connectivity index (χ4v) is 3.84. The van der Waals surface area contributed by atoms with Crippen molar-refractivity contribution in [1.82, 2.24) is 10.2 Å². The molecular formula is C25H33N3O3. The third-order valence-electron chi connectivity index (χ3n) is 5.87. The molecule has 0 unspecified atom stereocenters. The lowest BCUT2D eigenvalue weighted by atomic mass is 10.0. The molecule has 1 aliphatic heterocycles. The van der Waals surface area contributed by atoms with E-state index in [1.165, 1.54) is 16.8 Å². The first kappa shape index (κ1) is 22.7. The summed E-state index contributed by atoms with van der Waals surface area (Å²) in [5, 5.41) is 2.87. The van der Waals surface area contributed by atoms with Crippen LogP contribution in [0.2, 0.25) is 0 Å². The van der Waals surface area contributed by atoms with Crippen LogP contribution >= 0.6 is 0 Å². The zero-order chi connectivity index (χ0) is 22.4. The van der Waals surface area contributed by atoms with Gasteiger partial charge in [-0.3, -0.25) is 9.59 Å². The number of benzene rings is 2. The minimum atomic E-state index is -0.556. The van der Waals surface area contributed by atoms with Gasteiger partial charge in [-0.15, -0.1) is 0 Å². The topological polar surface area (TPSA) is 61.9 Å². The van der Waals surface area contributed by atoms with Crippen LogP contribution in [0, 0.1) is 19.8 Å². The molecule has 166 valence electrons. The molecule has 2 amide bonds. The molecule has 2 aromatic carbocycles. The Kier molecular flexibility index (Phi) is 7.55. The van der Waals surface area contributed by atoms with Gasteiger partial charge in [-0.1, -0.05) is 44.2 Å². The zero-order valence-electron chi connectivity index (χ0n) is 18.9. The van der Waals surface area contributed by atoms with E-state index in [-0.39, 0.29) is 24.3 Å². The predicted molar refractivity (Wildman–Crippen MR) is 123 cm³/mol. The lowest BCUT2D eigenvalue weighted by Gasteiger charge is -2.39. The number of carbonyl (C=O) groups is 2. The van der Waals surface area contributed by atoms with Gasteiger partial charge in [0.05, 0.1) is 0 Å². The predicted octanol–water partition coefficient (Wildman–Crippen LogP) is 3.17. The number of aryl methyl sites for hydroxylation is 1. The number of carbonyl (C=O) groups excluding carboxylic acids is 2. The minimum Gasteiger partial charge on any atom is -0.484 e. The molecule has 6 heteroatoms. The highest BCUT2D eigenvalue weighted by Crippen LogP contribution is 2.24. The van der Waals surface area contributed by atoms with Crippen molar-refractivity contribution in [3.8, 4) is 5.75 Å². The van der Waals surface area contributed by atoms with Gasteiger partial charge in [0.2, 0.25) is 5.91 Å². The van der Waals surface area contributed by atoms with Crippen molar-refractivity contribution >= 4 is 17.5 Å². The summed E-state index contributed by atoms with van der Waals surface area (Å²) < 4.78 is 5.51.